The van der Waals surface area contributed by atoms with Crippen molar-refractivity contribution in [1.82, 2.24) is 0 Å². The van der Waals surface area contributed by atoms with Crippen molar-refractivity contribution in [3.63, 3.8) is 0 Å². The molecule has 0 aliphatic rings. The summed E-state index contributed by atoms with van der Waals surface area (Å²) in [4.78, 5) is 12.2. The Labute approximate surface area is 122 Å². The van der Waals surface area contributed by atoms with E-state index in [1.807, 2.05) is 51.1 Å². The second kappa shape index (κ2) is 5.57. The third-order valence-corrected chi connectivity index (χ3v) is 3.94. The van der Waals surface area contributed by atoms with Crippen molar-refractivity contribution in [2.24, 2.45) is 0 Å². The van der Waals surface area contributed by atoms with E-state index in [4.69, 9.17) is 0 Å². The van der Waals surface area contributed by atoms with Crippen molar-refractivity contribution in [2.45, 2.75) is 20.8 Å². The zero-order valence-electron chi connectivity index (χ0n) is 11.3. The number of carbonyl (C=O) groups is 1. The maximum atomic E-state index is 12.2. The first-order valence-corrected chi connectivity index (χ1v) is 6.91. The molecule has 0 unspecified atom stereocenters. The van der Waals surface area contributed by atoms with E-state index >= 15 is 0 Å². The quantitative estimate of drug-likeness (QED) is 0.859. The smallest absolute Gasteiger partial charge is 0.255 e. The third kappa shape index (κ3) is 3.24. The lowest BCUT2D eigenvalue weighted by Gasteiger charge is -2.10. The van der Waals surface area contributed by atoms with Gasteiger partial charge in [0.25, 0.3) is 5.91 Å². The van der Waals surface area contributed by atoms with Gasteiger partial charge in [-0.15, -0.1) is 0 Å². The maximum Gasteiger partial charge on any atom is 0.255 e. The van der Waals surface area contributed by atoms with Crippen LogP contribution in [0.4, 0.5) is 5.69 Å². The van der Waals surface area contributed by atoms with E-state index in [0.717, 1.165) is 21.3 Å². The summed E-state index contributed by atoms with van der Waals surface area (Å²) in [7, 11) is 0. The molecule has 0 aliphatic heterocycles. The SMILES string of the molecule is Cc1ccc(NC(=O)c2ccc(Br)c(C)c2)c(C)c1. The van der Waals surface area contributed by atoms with Crippen LogP contribution < -0.4 is 5.32 Å². The Bertz CT molecular complexity index is 635. The van der Waals surface area contributed by atoms with Crippen LogP contribution in [0.15, 0.2) is 40.9 Å². The van der Waals surface area contributed by atoms with E-state index in [-0.39, 0.29) is 5.91 Å². The van der Waals surface area contributed by atoms with Crippen molar-refractivity contribution in [2.75, 3.05) is 5.32 Å². The summed E-state index contributed by atoms with van der Waals surface area (Å²) >= 11 is 3.43. The van der Waals surface area contributed by atoms with Gasteiger partial charge in [-0.3, -0.25) is 4.79 Å². The van der Waals surface area contributed by atoms with Crippen molar-refractivity contribution in [3.8, 4) is 0 Å². The van der Waals surface area contributed by atoms with Crippen molar-refractivity contribution >= 4 is 27.5 Å². The largest absolute Gasteiger partial charge is 0.322 e. The second-order valence-electron chi connectivity index (χ2n) is 4.74. The molecule has 1 N–H and O–H groups in total. The molecule has 2 aromatic rings. The Morgan fingerprint density at radius 2 is 1.74 bits per heavy atom. The zero-order valence-corrected chi connectivity index (χ0v) is 12.8. The molecule has 0 fully saturated rings. The lowest BCUT2D eigenvalue weighted by molar-refractivity contribution is 0.102. The monoisotopic (exact) mass is 317 g/mol. The van der Waals surface area contributed by atoms with E-state index < -0.39 is 0 Å². The highest BCUT2D eigenvalue weighted by Crippen LogP contribution is 2.20. The number of anilines is 1. The predicted octanol–water partition coefficient (Wildman–Crippen LogP) is 4.63. The lowest BCUT2D eigenvalue weighted by Crippen LogP contribution is -2.13. The second-order valence-corrected chi connectivity index (χ2v) is 5.59. The molecule has 1 amide bonds. The highest BCUT2D eigenvalue weighted by Gasteiger charge is 2.08. The molecule has 0 aromatic heterocycles. The number of carbonyl (C=O) groups excluding carboxylic acids is 1. The number of aryl methyl sites for hydroxylation is 3. The summed E-state index contributed by atoms with van der Waals surface area (Å²) in [5.41, 5.74) is 4.84. The van der Waals surface area contributed by atoms with Gasteiger partial charge in [0.15, 0.2) is 0 Å². The molecule has 0 spiro atoms. The summed E-state index contributed by atoms with van der Waals surface area (Å²) in [6.07, 6.45) is 0. The predicted molar refractivity (Wildman–Crippen MR) is 82.7 cm³/mol. The first-order valence-electron chi connectivity index (χ1n) is 6.12. The molecule has 0 atom stereocenters. The van der Waals surface area contributed by atoms with Crippen molar-refractivity contribution in [3.05, 3.63) is 63.1 Å². The minimum Gasteiger partial charge on any atom is -0.322 e. The number of benzene rings is 2. The molecule has 2 rings (SSSR count). The highest BCUT2D eigenvalue weighted by molar-refractivity contribution is 9.10. The average Bonchev–Trinajstić information content (AvgIpc) is 2.36. The molecule has 19 heavy (non-hydrogen) atoms. The molecule has 98 valence electrons. The highest BCUT2D eigenvalue weighted by atomic mass is 79.9. The number of amides is 1. The average molecular weight is 318 g/mol. The van der Waals surface area contributed by atoms with Crippen molar-refractivity contribution < 1.29 is 4.79 Å². The van der Waals surface area contributed by atoms with Gasteiger partial charge in [0.05, 0.1) is 0 Å². The van der Waals surface area contributed by atoms with E-state index in [0.29, 0.717) is 5.56 Å². The third-order valence-electron chi connectivity index (χ3n) is 3.05. The minimum absolute atomic E-state index is 0.0810. The fourth-order valence-corrected chi connectivity index (χ4v) is 2.18. The molecule has 3 heteroatoms. The van der Waals surface area contributed by atoms with Gasteiger partial charge in [0.2, 0.25) is 0 Å². The van der Waals surface area contributed by atoms with Crippen LogP contribution in [0, 0.1) is 20.8 Å². The van der Waals surface area contributed by atoms with Gasteiger partial charge in [-0.25, -0.2) is 0 Å². The Balaban J connectivity index is 2.23. The van der Waals surface area contributed by atoms with Gasteiger partial charge in [-0.1, -0.05) is 33.6 Å². The molecule has 2 nitrogen and oxygen atoms in total. The van der Waals surface area contributed by atoms with Gasteiger partial charge >= 0.3 is 0 Å². The summed E-state index contributed by atoms with van der Waals surface area (Å²) < 4.78 is 1.01. The maximum absolute atomic E-state index is 12.2. The Hall–Kier alpha value is -1.61. The first kappa shape index (κ1) is 13.8. The van der Waals surface area contributed by atoms with E-state index in [9.17, 15) is 4.79 Å². The van der Waals surface area contributed by atoms with Gasteiger partial charge in [0, 0.05) is 15.7 Å². The molecular weight excluding hydrogens is 302 g/mol. The normalized spacial score (nSPS) is 10.3. The van der Waals surface area contributed by atoms with Gasteiger partial charge in [-0.2, -0.15) is 0 Å². The lowest BCUT2D eigenvalue weighted by atomic mass is 10.1. The molecule has 0 bridgehead atoms. The van der Waals surface area contributed by atoms with Crippen LogP contribution in [0.1, 0.15) is 27.0 Å². The van der Waals surface area contributed by atoms with Crippen LogP contribution in [0.3, 0.4) is 0 Å². The first-order chi connectivity index (χ1) is 8.97. The Kier molecular flexibility index (Phi) is 4.05. The number of rotatable bonds is 2. The number of halogens is 1. The molecule has 2 aromatic carbocycles. The number of hydrogen-bond acceptors (Lipinski definition) is 1. The van der Waals surface area contributed by atoms with Gasteiger partial charge in [0.1, 0.15) is 0 Å². The van der Waals surface area contributed by atoms with Crippen LogP contribution in [0.5, 0.6) is 0 Å². The molecule has 0 heterocycles. The van der Waals surface area contributed by atoms with E-state index in [1.54, 1.807) is 0 Å². The fourth-order valence-electron chi connectivity index (χ4n) is 1.93. The topological polar surface area (TPSA) is 29.1 Å². The van der Waals surface area contributed by atoms with Crippen LogP contribution in [-0.4, -0.2) is 5.91 Å². The van der Waals surface area contributed by atoms with Crippen molar-refractivity contribution in [1.29, 1.82) is 0 Å². The molecule has 0 radical (unpaired) electrons. The number of nitrogens with one attached hydrogen (secondary N) is 1. The molecule has 0 saturated carbocycles. The standard InChI is InChI=1S/C16H16BrNO/c1-10-4-7-15(12(3)8-10)18-16(19)13-5-6-14(17)11(2)9-13/h4-9H,1-3H3,(H,18,19). The van der Waals surface area contributed by atoms with Crippen LogP contribution >= 0.6 is 15.9 Å². The van der Waals surface area contributed by atoms with Crippen LogP contribution in [0.2, 0.25) is 0 Å². The Morgan fingerprint density at radius 1 is 1.00 bits per heavy atom. The molecule has 0 saturated heterocycles. The summed E-state index contributed by atoms with van der Waals surface area (Å²) in [5, 5.41) is 2.95. The van der Waals surface area contributed by atoms with E-state index in [1.165, 1.54) is 5.56 Å². The number of hydrogen-bond donors (Lipinski definition) is 1. The van der Waals surface area contributed by atoms with E-state index in [2.05, 4.69) is 27.3 Å². The summed E-state index contributed by atoms with van der Waals surface area (Å²) in [5.74, 6) is -0.0810. The minimum atomic E-state index is -0.0810. The zero-order chi connectivity index (χ0) is 14.0. The van der Waals surface area contributed by atoms with Crippen LogP contribution in [0.25, 0.3) is 0 Å². The molecular formula is C16H16BrNO. The van der Waals surface area contributed by atoms with Gasteiger partial charge < -0.3 is 5.32 Å². The van der Waals surface area contributed by atoms with Gasteiger partial charge in [-0.05, 0) is 56.2 Å². The fraction of sp³-hybridized carbons (Fsp3) is 0.188. The Morgan fingerprint density at radius 3 is 2.37 bits per heavy atom. The van der Waals surface area contributed by atoms with Crippen LogP contribution in [-0.2, 0) is 0 Å². The summed E-state index contributed by atoms with van der Waals surface area (Å²) in [6.45, 7) is 6.00. The summed E-state index contributed by atoms with van der Waals surface area (Å²) in [6, 6.07) is 11.6. The molecule has 0 aliphatic carbocycles.